The molecule has 0 radical (unpaired) electrons. The molecule has 0 aliphatic heterocycles. The van der Waals surface area contributed by atoms with Crippen molar-refractivity contribution in [2.75, 3.05) is 0 Å². The van der Waals surface area contributed by atoms with Gasteiger partial charge in [0.15, 0.2) is 0 Å². The lowest BCUT2D eigenvalue weighted by molar-refractivity contribution is -0.122. The highest BCUT2D eigenvalue weighted by Crippen LogP contribution is 2.26. The van der Waals surface area contributed by atoms with Crippen LogP contribution in [0, 0.1) is 0 Å². The summed E-state index contributed by atoms with van der Waals surface area (Å²) in [6.45, 7) is 0. The standard InChI is InChI=1S/2C23H25N3O3/c2*27-22(24-16-13-14-18(15-16)29-17-7-2-1-3-8-17)12-6-11-21-25-20-10-5-4-9-19(20)23(28)26-21/h2*1-5,7-10,16,18H,6,11-15H2,(H,24,27)(H,25,26,28)/t2*16-,18-/m10/s1. The highest BCUT2D eigenvalue weighted by atomic mass is 16.5. The average Bonchev–Trinajstić information content (AvgIpc) is 3.87. The van der Waals surface area contributed by atoms with Crippen LogP contribution < -0.4 is 31.2 Å². The van der Waals surface area contributed by atoms with Gasteiger partial charge in [-0.2, -0.15) is 0 Å². The Morgan fingerprint density at radius 1 is 0.552 bits per heavy atom. The summed E-state index contributed by atoms with van der Waals surface area (Å²) in [4.78, 5) is 63.4. The molecular formula is C46H50N6O6. The second-order valence-electron chi connectivity index (χ2n) is 15.0. The number of hydrogen-bond acceptors (Lipinski definition) is 8. The van der Waals surface area contributed by atoms with E-state index in [1.54, 1.807) is 12.1 Å². The minimum atomic E-state index is -0.134. The van der Waals surface area contributed by atoms with Crippen LogP contribution in [0.4, 0.5) is 0 Å². The van der Waals surface area contributed by atoms with Crippen molar-refractivity contribution < 1.29 is 19.1 Å². The van der Waals surface area contributed by atoms with Crippen LogP contribution in [-0.2, 0) is 22.4 Å². The van der Waals surface area contributed by atoms with E-state index in [1.165, 1.54) is 0 Å². The smallest absolute Gasteiger partial charge is 0.258 e. The van der Waals surface area contributed by atoms with Crippen molar-refractivity contribution in [3.05, 3.63) is 142 Å². The van der Waals surface area contributed by atoms with Gasteiger partial charge < -0.3 is 30.1 Å². The first-order chi connectivity index (χ1) is 28.3. The Kier molecular flexibility index (Phi) is 13.6. The van der Waals surface area contributed by atoms with Crippen LogP contribution in [0.25, 0.3) is 21.8 Å². The van der Waals surface area contributed by atoms with Crippen LogP contribution in [0.1, 0.15) is 75.9 Å². The quantitative estimate of drug-likeness (QED) is 0.0945. The minimum absolute atomic E-state index is 0.0403. The number of hydrogen-bond donors (Lipinski definition) is 4. The monoisotopic (exact) mass is 782 g/mol. The highest BCUT2D eigenvalue weighted by molar-refractivity contribution is 5.78. The molecule has 2 saturated carbocycles. The molecular weight excluding hydrogens is 733 g/mol. The van der Waals surface area contributed by atoms with Gasteiger partial charge in [-0.25, -0.2) is 9.97 Å². The SMILES string of the molecule is O=C(CCCc1nc2ccccc2c(=O)[nH]1)N[C@@H]1CC[C@@H](Oc2ccccc2)C1.O=C(CCCc1nc2ccccc2c(=O)[nH]1)N[C@H]1CC[C@H](Oc2ccccc2)C1. The van der Waals surface area contributed by atoms with Crippen molar-refractivity contribution in [1.82, 2.24) is 30.6 Å². The Labute approximate surface area is 336 Å². The van der Waals surface area contributed by atoms with Crippen LogP contribution in [0.5, 0.6) is 11.5 Å². The number of carbonyl (C=O) groups excluding carboxylic acids is 2. The molecule has 4 aromatic carbocycles. The molecule has 12 heteroatoms. The van der Waals surface area contributed by atoms with E-state index in [0.29, 0.717) is 72.0 Å². The number of aromatic nitrogens is 4. The van der Waals surface area contributed by atoms with Crippen LogP contribution >= 0.6 is 0 Å². The molecule has 0 saturated heterocycles. The van der Waals surface area contributed by atoms with Crippen LogP contribution in [0.3, 0.4) is 0 Å². The predicted octanol–water partition coefficient (Wildman–Crippen LogP) is 6.72. The second-order valence-corrected chi connectivity index (χ2v) is 15.0. The van der Waals surface area contributed by atoms with Gasteiger partial charge in [-0.3, -0.25) is 19.2 Å². The first-order valence-corrected chi connectivity index (χ1v) is 20.3. The van der Waals surface area contributed by atoms with E-state index in [9.17, 15) is 19.2 Å². The molecule has 0 unspecified atom stereocenters. The molecule has 58 heavy (non-hydrogen) atoms. The number of benzene rings is 4. The fourth-order valence-electron chi connectivity index (χ4n) is 7.68. The van der Waals surface area contributed by atoms with E-state index in [2.05, 4.69) is 30.6 Å². The number of amides is 2. The van der Waals surface area contributed by atoms with E-state index < -0.39 is 0 Å². The summed E-state index contributed by atoms with van der Waals surface area (Å²) in [5, 5.41) is 7.39. The largest absolute Gasteiger partial charge is 0.490 e. The molecule has 6 aromatic rings. The van der Waals surface area contributed by atoms with E-state index in [-0.39, 0.29) is 47.2 Å². The normalized spacial score (nSPS) is 18.6. The summed E-state index contributed by atoms with van der Waals surface area (Å²) < 4.78 is 12.0. The molecule has 12 nitrogen and oxygen atoms in total. The number of rotatable bonds is 14. The van der Waals surface area contributed by atoms with Crippen LogP contribution in [-0.4, -0.2) is 56.0 Å². The third-order valence-corrected chi connectivity index (χ3v) is 10.5. The number of H-pyrrole nitrogens is 2. The van der Waals surface area contributed by atoms with Crippen molar-refractivity contribution in [2.24, 2.45) is 0 Å². The Balaban J connectivity index is 0.000000177. The zero-order chi connectivity index (χ0) is 40.1. The van der Waals surface area contributed by atoms with E-state index >= 15 is 0 Å². The number of carbonyl (C=O) groups is 2. The predicted molar refractivity (Wildman–Crippen MR) is 224 cm³/mol. The molecule has 4 atom stereocenters. The molecule has 2 aromatic heterocycles. The maximum atomic E-state index is 12.3. The maximum absolute atomic E-state index is 12.3. The van der Waals surface area contributed by atoms with Crippen LogP contribution in [0.15, 0.2) is 119 Å². The van der Waals surface area contributed by atoms with Gasteiger partial charge in [0.2, 0.25) is 11.8 Å². The third kappa shape index (κ3) is 11.4. The van der Waals surface area contributed by atoms with Gasteiger partial charge in [-0.15, -0.1) is 0 Å². The van der Waals surface area contributed by atoms with Gasteiger partial charge in [0.05, 0.1) is 21.8 Å². The summed E-state index contributed by atoms with van der Waals surface area (Å²) >= 11 is 0. The number of nitrogens with zero attached hydrogens (tertiary/aromatic N) is 2. The van der Waals surface area contributed by atoms with Crippen molar-refractivity contribution in [1.29, 1.82) is 0 Å². The first kappa shape index (κ1) is 39.9. The Morgan fingerprint density at radius 2 is 0.948 bits per heavy atom. The lowest BCUT2D eigenvalue weighted by Gasteiger charge is -2.15. The zero-order valence-corrected chi connectivity index (χ0v) is 32.5. The summed E-state index contributed by atoms with van der Waals surface area (Å²) in [5.74, 6) is 3.08. The third-order valence-electron chi connectivity index (χ3n) is 10.5. The summed E-state index contributed by atoms with van der Waals surface area (Å²) in [6, 6.07) is 34.5. The van der Waals surface area contributed by atoms with Crippen molar-refractivity contribution in [3.8, 4) is 11.5 Å². The fraction of sp³-hybridized carbons (Fsp3) is 0.348. The number of fused-ring (bicyclic) bond motifs is 2. The van der Waals surface area contributed by atoms with Gasteiger partial charge in [0.25, 0.3) is 11.1 Å². The topological polar surface area (TPSA) is 168 Å². The molecule has 300 valence electrons. The fourth-order valence-corrected chi connectivity index (χ4v) is 7.68. The van der Waals surface area contributed by atoms with Gasteiger partial charge in [0.1, 0.15) is 35.4 Å². The van der Waals surface area contributed by atoms with Crippen LogP contribution in [0.2, 0.25) is 0 Å². The molecule has 2 fully saturated rings. The van der Waals surface area contributed by atoms with Gasteiger partial charge in [0, 0.05) is 50.6 Å². The van der Waals surface area contributed by atoms with Gasteiger partial charge >= 0.3 is 0 Å². The van der Waals surface area contributed by atoms with E-state index in [4.69, 9.17) is 9.47 Å². The molecule has 2 heterocycles. The summed E-state index contributed by atoms with van der Waals surface area (Å²) in [5.41, 5.74) is 1.10. The molecule has 8 rings (SSSR count). The minimum Gasteiger partial charge on any atom is -0.490 e. The number of para-hydroxylation sites is 4. The van der Waals surface area contributed by atoms with Gasteiger partial charge in [-0.1, -0.05) is 60.7 Å². The molecule has 2 aliphatic rings. The number of aryl methyl sites for hydroxylation is 2. The Morgan fingerprint density at radius 3 is 1.38 bits per heavy atom. The molecule has 0 spiro atoms. The van der Waals surface area contributed by atoms with Crippen molar-refractivity contribution in [2.45, 2.75) is 101 Å². The molecule has 0 bridgehead atoms. The molecule has 2 aliphatic carbocycles. The molecule has 4 N–H and O–H groups in total. The van der Waals surface area contributed by atoms with Gasteiger partial charge in [-0.05, 0) is 87.1 Å². The second kappa shape index (κ2) is 19.7. The van der Waals surface area contributed by atoms with E-state index in [1.807, 2.05) is 97.1 Å². The first-order valence-electron chi connectivity index (χ1n) is 20.3. The highest BCUT2D eigenvalue weighted by Gasteiger charge is 2.28. The van der Waals surface area contributed by atoms with Crippen molar-refractivity contribution in [3.63, 3.8) is 0 Å². The lowest BCUT2D eigenvalue weighted by Crippen LogP contribution is -2.33. The number of nitrogens with one attached hydrogen (secondary N) is 4. The van der Waals surface area contributed by atoms with E-state index in [0.717, 1.165) is 50.0 Å². The molecule has 2 amide bonds. The Hall–Kier alpha value is -6.30. The summed E-state index contributed by atoms with van der Waals surface area (Å²) in [7, 11) is 0. The maximum Gasteiger partial charge on any atom is 0.258 e. The number of aromatic amines is 2. The summed E-state index contributed by atoms with van der Waals surface area (Å²) in [6.07, 6.45) is 8.97. The zero-order valence-electron chi connectivity index (χ0n) is 32.5. The average molecular weight is 783 g/mol. The van der Waals surface area contributed by atoms with Crippen molar-refractivity contribution >= 4 is 33.6 Å². The Bertz CT molecular complexity index is 2230. The number of ether oxygens (including phenoxy) is 2. The lowest BCUT2D eigenvalue weighted by atomic mass is 10.2.